The first-order valence-corrected chi connectivity index (χ1v) is 19.3. The maximum Gasteiger partial charge on any atom is 0.472 e. The fourth-order valence-electron chi connectivity index (χ4n) is 4.68. The van der Waals surface area contributed by atoms with E-state index >= 15 is 0 Å². The second kappa shape index (κ2) is 32.4. The van der Waals surface area contributed by atoms with Crippen LogP contribution < -0.4 is 5.73 Å². The maximum absolute atomic E-state index is 12.4. The number of carbonyl (C=O) groups is 2. The molecule has 3 N–H and O–H groups in total. The molecule has 0 aliphatic heterocycles. The van der Waals surface area contributed by atoms with Gasteiger partial charge in [0.15, 0.2) is 6.10 Å². The normalized spacial score (nSPS) is 13.8. The molecule has 0 saturated heterocycles. The summed E-state index contributed by atoms with van der Waals surface area (Å²) < 4.78 is 32.5. The Hall–Kier alpha value is -1.51. The van der Waals surface area contributed by atoms with Crippen molar-refractivity contribution in [3.63, 3.8) is 0 Å². The van der Waals surface area contributed by atoms with Gasteiger partial charge in [-0.3, -0.25) is 18.6 Å². The van der Waals surface area contributed by atoms with Gasteiger partial charge >= 0.3 is 19.8 Å². The minimum atomic E-state index is -4.36. The molecular formula is C35H66NO8P. The van der Waals surface area contributed by atoms with E-state index < -0.39 is 32.5 Å². The lowest BCUT2D eigenvalue weighted by molar-refractivity contribution is -0.161. The number of rotatable bonds is 33. The SMILES string of the molecule is CCCCCC/C=C/C=C/CCCCCCCC(=O)OC[C@@H](COP(=O)(O)OCCN)OC(=O)CCCCCCCCCCC. The number of phosphoric acid groups is 1. The quantitative estimate of drug-likeness (QED) is 0.0306. The monoisotopic (exact) mass is 659 g/mol. The lowest BCUT2D eigenvalue weighted by Gasteiger charge is -2.19. The number of ether oxygens (including phenoxy) is 2. The van der Waals surface area contributed by atoms with Crippen molar-refractivity contribution >= 4 is 19.8 Å². The predicted octanol–water partition coefficient (Wildman–Crippen LogP) is 9.27. The number of hydrogen-bond acceptors (Lipinski definition) is 8. The number of phosphoric ester groups is 1. The zero-order chi connectivity index (χ0) is 33.3. The molecule has 9 nitrogen and oxygen atoms in total. The van der Waals surface area contributed by atoms with Crippen molar-refractivity contribution in [2.24, 2.45) is 5.73 Å². The lowest BCUT2D eigenvalue weighted by atomic mass is 10.1. The molecule has 0 heterocycles. The molecule has 1 unspecified atom stereocenters. The molecule has 0 aromatic carbocycles. The standard InChI is InChI=1S/C35H66NO8P/c1-3-5-7-9-11-13-14-15-16-17-18-20-21-23-25-27-34(37)41-31-33(32-43-45(39,40)42-30-29-36)44-35(38)28-26-24-22-19-12-10-8-6-4-2/h13-16,33H,3-12,17-32,36H2,1-2H3,(H,39,40)/b14-13+,16-15+/t33-/m0/s1. The molecule has 0 spiro atoms. The van der Waals surface area contributed by atoms with Crippen LogP contribution in [0.3, 0.4) is 0 Å². The van der Waals surface area contributed by atoms with E-state index in [0.29, 0.717) is 12.8 Å². The van der Waals surface area contributed by atoms with E-state index in [-0.39, 0.29) is 32.6 Å². The van der Waals surface area contributed by atoms with Gasteiger partial charge in [-0.05, 0) is 38.5 Å². The van der Waals surface area contributed by atoms with E-state index in [0.717, 1.165) is 57.8 Å². The Kier molecular flexibility index (Phi) is 31.3. The van der Waals surface area contributed by atoms with Gasteiger partial charge in [-0.15, -0.1) is 0 Å². The first-order valence-electron chi connectivity index (χ1n) is 17.8. The maximum atomic E-state index is 12.4. The zero-order valence-electron chi connectivity index (χ0n) is 28.6. The summed E-state index contributed by atoms with van der Waals surface area (Å²) in [6.07, 6.45) is 30.7. The highest BCUT2D eigenvalue weighted by molar-refractivity contribution is 7.47. The lowest BCUT2D eigenvalue weighted by Crippen LogP contribution is -2.29. The largest absolute Gasteiger partial charge is 0.472 e. The van der Waals surface area contributed by atoms with Crippen molar-refractivity contribution in [1.29, 1.82) is 0 Å². The fourth-order valence-corrected chi connectivity index (χ4v) is 5.45. The second-order valence-electron chi connectivity index (χ2n) is 11.8. The summed E-state index contributed by atoms with van der Waals surface area (Å²) in [6, 6.07) is 0. The first kappa shape index (κ1) is 43.5. The van der Waals surface area contributed by atoms with Crippen LogP contribution in [0.4, 0.5) is 0 Å². The second-order valence-corrected chi connectivity index (χ2v) is 13.2. The molecule has 0 radical (unpaired) electrons. The summed E-state index contributed by atoms with van der Waals surface area (Å²) in [4.78, 5) is 34.5. The van der Waals surface area contributed by atoms with E-state index in [4.69, 9.17) is 24.3 Å². The van der Waals surface area contributed by atoms with Crippen LogP contribution in [0, 0.1) is 0 Å². The van der Waals surface area contributed by atoms with E-state index in [1.165, 1.54) is 57.8 Å². The molecule has 0 amide bonds. The van der Waals surface area contributed by atoms with Gasteiger partial charge in [0.05, 0.1) is 13.2 Å². The third kappa shape index (κ3) is 32.2. The van der Waals surface area contributed by atoms with Crippen molar-refractivity contribution in [2.75, 3.05) is 26.4 Å². The number of hydrogen-bond donors (Lipinski definition) is 2. The zero-order valence-corrected chi connectivity index (χ0v) is 29.5. The van der Waals surface area contributed by atoms with Crippen LogP contribution in [0.1, 0.15) is 155 Å². The molecule has 0 aromatic heterocycles. The summed E-state index contributed by atoms with van der Waals surface area (Å²) in [5, 5.41) is 0. The van der Waals surface area contributed by atoms with E-state index in [1.54, 1.807) is 0 Å². The Labute approximate surface area is 274 Å². The molecule has 0 saturated carbocycles. The summed E-state index contributed by atoms with van der Waals surface area (Å²) in [6.45, 7) is 3.65. The van der Waals surface area contributed by atoms with Gasteiger partial charge in [0.25, 0.3) is 0 Å². The van der Waals surface area contributed by atoms with Crippen molar-refractivity contribution in [3.05, 3.63) is 24.3 Å². The summed E-state index contributed by atoms with van der Waals surface area (Å²) in [5.41, 5.74) is 5.31. The van der Waals surface area contributed by atoms with E-state index in [9.17, 15) is 19.0 Å². The summed E-state index contributed by atoms with van der Waals surface area (Å²) in [7, 11) is -4.36. The van der Waals surface area contributed by atoms with Crippen LogP contribution in [-0.2, 0) is 32.7 Å². The van der Waals surface area contributed by atoms with Gasteiger partial charge in [-0.1, -0.05) is 128 Å². The van der Waals surface area contributed by atoms with Crippen LogP contribution in [0.15, 0.2) is 24.3 Å². The van der Waals surface area contributed by atoms with Crippen molar-refractivity contribution < 1.29 is 37.6 Å². The number of carbonyl (C=O) groups excluding carboxylic acids is 2. The van der Waals surface area contributed by atoms with Crippen LogP contribution in [-0.4, -0.2) is 49.3 Å². The summed E-state index contributed by atoms with van der Waals surface area (Å²) >= 11 is 0. The number of nitrogens with two attached hydrogens (primary N) is 1. The Morgan fingerprint density at radius 2 is 1.13 bits per heavy atom. The Bertz CT molecular complexity index is 805. The molecule has 0 aliphatic rings. The van der Waals surface area contributed by atoms with Crippen LogP contribution >= 0.6 is 7.82 Å². The molecule has 10 heteroatoms. The minimum Gasteiger partial charge on any atom is -0.462 e. The number of esters is 2. The third-order valence-corrected chi connectivity index (χ3v) is 8.35. The highest BCUT2D eigenvalue weighted by Gasteiger charge is 2.25. The summed E-state index contributed by atoms with van der Waals surface area (Å²) in [5.74, 6) is -0.850. The molecule has 0 bridgehead atoms. The van der Waals surface area contributed by atoms with Gasteiger partial charge in [0, 0.05) is 19.4 Å². The van der Waals surface area contributed by atoms with Crippen molar-refractivity contribution in [2.45, 2.75) is 161 Å². The molecule has 45 heavy (non-hydrogen) atoms. The molecule has 2 atom stereocenters. The van der Waals surface area contributed by atoms with E-state index in [2.05, 4.69) is 38.2 Å². The average Bonchev–Trinajstić information content (AvgIpc) is 3.02. The smallest absolute Gasteiger partial charge is 0.462 e. The highest BCUT2D eigenvalue weighted by Crippen LogP contribution is 2.43. The fraction of sp³-hybridized carbons (Fsp3) is 0.829. The van der Waals surface area contributed by atoms with Crippen LogP contribution in [0.5, 0.6) is 0 Å². The van der Waals surface area contributed by atoms with Crippen LogP contribution in [0.25, 0.3) is 0 Å². The van der Waals surface area contributed by atoms with Gasteiger partial charge in [0.2, 0.25) is 0 Å². The van der Waals surface area contributed by atoms with E-state index in [1.807, 2.05) is 0 Å². The molecule has 0 aromatic rings. The first-order chi connectivity index (χ1) is 21.8. The van der Waals surface area contributed by atoms with Crippen molar-refractivity contribution in [1.82, 2.24) is 0 Å². The third-order valence-electron chi connectivity index (χ3n) is 7.37. The van der Waals surface area contributed by atoms with Gasteiger partial charge in [0.1, 0.15) is 6.61 Å². The topological polar surface area (TPSA) is 134 Å². The van der Waals surface area contributed by atoms with Gasteiger partial charge < -0.3 is 20.1 Å². The number of allylic oxidation sites excluding steroid dienone is 4. The molecule has 0 aliphatic carbocycles. The number of unbranched alkanes of at least 4 members (excludes halogenated alkanes) is 17. The molecular weight excluding hydrogens is 593 g/mol. The minimum absolute atomic E-state index is 0.0522. The van der Waals surface area contributed by atoms with Gasteiger partial charge in [-0.25, -0.2) is 4.57 Å². The van der Waals surface area contributed by atoms with Crippen LogP contribution in [0.2, 0.25) is 0 Å². The molecule has 0 fully saturated rings. The molecule has 264 valence electrons. The molecule has 0 rings (SSSR count). The highest BCUT2D eigenvalue weighted by atomic mass is 31.2. The Morgan fingerprint density at radius 1 is 0.667 bits per heavy atom. The average molecular weight is 660 g/mol. The van der Waals surface area contributed by atoms with Gasteiger partial charge in [-0.2, -0.15) is 0 Å². The van der Waals surface area contributed by atoms with Crippen molar-refractivity contribution in [3.8, 4) is 0 Å². The Balaban J connectivity index is 4.25. The predicted molar refractivity (Wildman–Crippen MR) is 183 cm³/mol. The Morgan fingerprint density at radius 3 is 1.67 bits per heavy atom.